The van der Waals surface area contributed by atoms with Crippen molar-refractivity contribution in [2.45, 2.75) is 33.3 Å². The van der Waals surface area contributed by atoms with Gasteiger partial charge in [0.1, 0.15) is 0 Å². The van der Waals surface area contributed by atoms with Gasteiger partial charge in [-0.2, -0.15) is 0 Å². The van der Waals surface area contributed by atoms with Gasteiger partial charge in [-0.1, -0.05) is 20.8 Å². The predicted molar refractivity (Wildman–Crippen MR) is 68.8 cm³/mol. The molecule has 1 unspecified atom stereocenters. The van der Waals surface area contributed by atoms with E-state index in [9.17, 15) is 5.11 Å². The molecule has 0 saturated heterocycles. The van der Waals surface area contributed by atoms with Crippen molar-refractivity contribution in [2.24, 2.45) is 5.41 Å². The summed E-state index contributed by atoms with van der Waals surface area (Å²) >= 11 is 1.71. The van der Waals surface area contributed by atoms with Crippen LogP contribution >= 0.6 is 11.3 Å². The molecule has 0 spiro atoms. The molecular formula is C13H17NOS. The van der Waals surface area contributed by atoms with Crippen LogP contribution in [-0.2, 0) is 6.42 Å². The van der Waals surface area contributed by atoms with Gasteiger partial charge >= 0.3 is 0 Å². The van der Waals surface area contributed by atoms with E-state index in [0.29, 0.717) is 6.42 Å². The summed E-state index contributed by atoms with van der Waals surface area (Å²) < 4.78 is 1.24. The fraction of sp³-hybridized carbons (Fsp3) is 0.462. The Bertz CT molecular complexity index is 484. The van der Waals surface area contributed by atoms with Crippen molar-refractivity contribution in [2.75, 3.05) is 0 Å². The molecule has 16 heavy (non-hydrogen) atoms. The SMILES string of the molecule is CC(C)(C)C(O)Cc1nccc2sccc12. The average Bonchev–Trinajstić information content (AvgIpc) is 2.65. The normalized spacial score (nSPS) is 14.2. The van der Waals surface area contributed by atoms with E-state index in [2.05, 4.69) is 16.4 Å². The second kappa shape index (κ2) is 4.15. The number of thiophene rings is 1. The van der Waals surface area contributed by atoms with Crippen LogP contribution in [0.3, 0.4) is 0 Å². The van der Waals surface area contributed by atoms with Crippen molar-refractivity contribution >= 4 is 21.4 Å². The van der Waals surface area contributed by atoms with Crippen LogP contribution in [0.4, 0.5) is 0 Å². The number of aromatic nitrogens is 1. The lowest BCUT2D eigenvalue weighted by Crippen LogP contribution is -2.28. The molecule has 1 atom stereocenters. The van der Waals surface area contributed by atoms with E-state index in [1.807, 2.05) is 33.0 Å². The molecule has 2 aromatic heterocycles. The second-order valence-electron chi connectivity index (χ2n) is 5.18. The summed E-state index contributed by atoms with van der Waals surface area (Å²) in [6.07, 6.45) is 2.09. The predicted octanol–water partition coefficient (Wildman–Crippen LogP) is 3.25. The highest BCUT2D eigenvalue weighted by Gasteiger charge is 2.23. The fourth-order valence-corrected chi connectivity index (χ4v) is 2.41. The van der Waals surface area contributed by atoms with E-state index in [4.69, 9.17) is 0 Å². The zero-order chi connectivity index (χ0) is 11.8. The van der Waals surface area contributed by atoms with Crippen molar-refractivity contribution in [3.8, 4) is 0 Å². The van der Waals surface area contributed by atoms with Crippen LogP contribution in [0.5, 0.6) is 0 Å². The molecule has 0 aliphatic heterocycles. The van der Waals surface area contributed by atoms with E-state index in [1.165, 1.54) is 10.1 Å². The highest BCUT2D eigenvalue weighted by molar-refractivity contribution is 7.17. The molecular weight excluding hydrogens is 218 g/mol. The number of aliphatic hydroxyl groups excluding tert-OH is 1. The number of hydrogen-bond acceptors (Lipinski definition) is 3. The maximum Gasteiger partial charge on any atom is 0.0644 e. The minimum absolute atomic E-state index is 0.0974. The lowest BCUT2D eigenvalue weighted by atomic mass is 9.86. The van der Waals surface area contributed by atoms with Crippen molar-refractivity contribution in [3.63, 3.8) is 0 Å². The monoisotopic (exact) mass is 235 g/mol. The van der Waals surface area contributed by atoms with E-state index in [0.717, 1.165) is 5.69 Å². The molecule has 86 valence electrons. The first kappa shape index (κ1) is 11.6. The molecule has 0 aliphatic rings. The standard InChI is InChI=1S/C13H17NOS/c1-13(2,3)12(15)8-10-9-5-7-16-11(9)4-6-14-10/h4-7,12,15H,8H2,1-3H3. The summed E-state index contributed by atoms with van der Waals surface area (Å²) in [5.74, 6) is 0. The summed E-state index contributed by atoms with van der Waals surface area (Å²) in [6.45, 7) is 6.14. The molecule has 0 aromatic carbocycles. The van der Waals surface area contributed by atoms with Gasteiger partial charge in [-0.3, -0.25) is 4.98 Å². The first-order valence-corrected chi connectivity index (χ1v) is 6.35. The zero-order valence-electron chi connectivity index (χ0n) is 9.90. The van der Waals surface area contributed by atoms with Gasteiger partial charge in [-0.25, -0.2) is 0 Å². The van der Waals surface area contributed by atoms with Crippen LogP contribution in [0.2, 0.25) is 0 Å². The molecule has 3 heteroatoms. The van der Waals surface area contributed by atoms with Gasteiger partial charge in [0.25, 0.3) is 0 Å². The zero-order valence-corrected chi connectivity index (χ0v) is 10.7. The maximum absolute atomic E-state index is 10.1. The van der Waals surface area contributed by atoms with Crippen molar-refractivity contribution < 1.29 is 5.11 Å². The number of aliphatic hydroxyl groups is 1. The fourth-order valence-electron chi connectivity index (χ4n) is 1.60. The molecule has 0 fully saturated rings. The average molecular weight is 235 g/mol. The maximum atomic E-state index is 10.1. The number of rotatable bonds is 2. The highest BCUT2D eigenvalue weighted by atomic mass is 32.1. The quantitative estimate of drug-likeness (QED) is 0.866. The smallest absolute Gasteiger partial charge is 0.0644 e. The molecule has 0 amide bonds. The third kappa shape index (κ3) is 2.25. The Kier molecular flexibility index (Phi) is 3.00. The van der Waals surface area contributed by atoms with Gasteiger partial charge in [0.2, 0.25) is 0 Å². The van der Waals surface area contributed by atoms with E-state index < -0.39 is 0 Å². The third-order valence-electron chi connectivity index (χ3n) is 2.85. The van der Waals surface area contributed by atoms with Crippen molar-refractivity contribution in [3.05, 3.63) is 29.4 Å². The largest absolute Gasteiger partial charge is 0.392 e. The Morgan fingerprint density at radius 2 is 2.12 bits per heavy atom. The van der Waals surface area contributed by atoms with Crippen LogP contribution in [-0.4, -0.2) is 16.2 Å². The lowest BCUT2D eigenvalue weighted by molar-refractivity contribution is 0.0631. The molecule has 1 N–H and O–H groups in total. The molecule has 0 radical (unpaired) electrons. The van der Waals surface area contributed by atoms with Crippen LogP contribution in [0.15, 0.2) is 23.7 Å². The first-order valence-electron chi connectivity index (χ1n) is 5.47. The van der Waals surface area contributed by atoms with Crippen LogP contribution in [0.25, 0.3) is 10.1 Å². The molecule has 0 aliphatic carbocycles. The lowest BCUT2D eigenvalue weighted by Gasteiger charge is -2.25. The summed E-state index contributed by atoms with van der Waals surface area (Å²) in [5.41, 5.74) is 0.904. The molecule has 2 heterocycles. The van der Waals surface area contributed by atoms with Crippen molar-refractivity contribution in [1.29, 1.82) is 0 Å². The van der Waals surface area contributed by atoms with Gasteiger partial charge < -0.3 is 5.11 Å². The van der Waals surface area contributed by atoms with Crippen molar-refractivity contribution in [1.82, 2.24) is 4.98 Å². The first-order chi connectivity index (χ1) is 7.48. The molecule has 0 bridgehead atoms. The summed E-state index contributed by atoms with van der Waals surface area (Å²) in [7, 11) is 0. The van der Waals surface area contributed by atoms with Gasteiger partial charge in [0, 0.05) is 22.7 Å². The molecule has 0 saturated carbocycles. The Morgan fingerprint density at radius 3 is 2.81 bits per heavy atom. The van der Waals surface area contributed by atoms with E-state index in [-0.39, 0.29) is 11.5 Å². The van der Waals surface area contributed by atoms with Gasteiger partial charge in [0.05, 0.1) is 11.8 Å². The van der Waals surface area contributed by atoms with Gasteiger partial charge in [0.15, 0.2) is 0 Å². The Labute approximate surface area is 100.0 Å². The number of nitrogens with zero attached hydrogens (tertiary/aromatic N) is 1. The Balaban J connectivity index is 2.31. The van der Waals surface area contributed by atoms with Crippen LogP contribution in [0.1, 0.15) is 26.5 Å². The number of pyridine rings is 1. The number of fused-ring (bicyclic) bond motifs is 1. The topological polar surface area (TPSA) is 33.1 Å². The summed E-state index contributed by atoms with van der Waals surface area (Å²) in [4.78, 5) is 4.38. The Morgan fingerprint density at radius 1 is 1.38 bits per heavy atom. The van der Waals surface area contributed by atoms with Crippen LogP contribution in [0, 0.1) is 5.41 Å². The highest BCUT2D eigenvalue weighted by Crippen LogP contribution is 2.27. The van der Waals surface area contributed by atoms with Gasteiger partial charge in [-0.05, 0) is 22.9 Å². The third-order valence-corrected chi connectivity index (χ3v) is 3.73. The van der Waals surface area contributed by atoms with Crippen LogP contribution < -0.4 is 0 Å². The summed E-state index contributed by atoms with van der Waals surface area (Å²) in [6, 6.07) is 4.10. The van der Waals surface area contributed by atoms with E-state index in [1.54, 1.807) is 11.3 Å². The second-order valence-corrected chi connectivity index (χ2v) is 6.12. The molecule has 2 rings (SSSR count). The minimum atomic E-state index is -0.356. The van der Waals surface area contributed by atoms with E-state index >= 15 is 0 Å². The number of hydrogen-bond donors (Lipinski definition) is 1. The summed E-state index contributed by atoms with van der Waals surface area (Å²) in [5, 5.41) is 13.3. The minimum Gasteiger partial charge on any atom is -0.392 e. The molecule has 2 nitrogen and oxygen atoms in total. The van der Waals surface area contributed by atoms with Gasteiger partial charge in [-0.15, -0.1) is 11.3 Å². The Hall–Kier alpha value is -0.930. The molecule has 2 aromatic rings.